The Labute approximate surface area is 168 Å². The summed E-state index contributed by atoms with van der Waals surface area (Å²) in [6.07, 6.45) is 11.4. The zero-order chi connectivity index (χ0) is 19.4. The molecule has 0 radical (unpaired) electrons. The summed E-state index contributed by atoms with van der Waals surface area (Å²) in [5.74, 6) is 0. The highest BCUT2D eigenvalue weighted by atomic mass is 16.3. The van der Waals surface area contributed by atoms with Gasteiger partial charge in [-0.05, 0) is 31.2 Å². The molecule has 2 fully saturated rings. The zero-order valence-corrected chi connectivity index (χ0v) is 16.7. The van der Waals surface area contributed by atoms with E-state index >= 15 is 0 Å². The molecule has 2 atom stereocenters. The number of rotatable bonds is 6. The number of likely N-dealkylation sites (tertiary alicyclic amines) is 1. The maximum atomic E-state index is 10.8. The smallest absolute Gasteiger partial charge is 0.0951 e. The summed E-state index contributed by atoms with van der Waals surface area (Å²) in [6.45, 7) is 2.39. The Balaban J connectivity index is 1.48. The Morgan fingerprint density at radius 3 is 2.61 bits per heavy atom. The van der Waals surface area contributed by atoms with Crippen molar-refractivity contribution in [1.29, 1.82) is 0 Å². The highest BCUT2D eigenvalue weighted by molar-refractivity contribution is 5.18. The number of imidazole rings is 1. The van der Waals surface area contributed by atoms with E-state index in [0.717, 1.165) is 13.1 Å². The Morgan fingerprint density at radius 2 is 1.86 bits per heavy atom. The fourth-order valence-electron chi connectivity index (χ4n) is 5.13. The second-order valence-corrected chi connectivity index (χ2v) is 8.78. The molecule has 2 heterocycles. The summed E-state index contributed by atoms with van der Waals surface area (Å²) in [6, 6.07) is 10.8. The molecular weight excluding hydrogens is 350 g/mol. The Bertz CT molecular complexity index is 741. The van der Waals surface area contributed by atoms with E-state index in [9.17, 15) is 10.2 Å². The first-order valence-corrected chi connectivity index (χ1v) is 10.8. The van der Waals surface area contributed by atoms with Crippen molar-refractivity contribution in [3.05, 3.63) is 54.1 Å². The summed E-state index contributed by atoms with van der Waals surface area (Å²) in [5, 5.41) is 21.1. The zero-order valence-electron chi connectivity index (χ0n) is 16.7. The van der Waals surface area contributed by atoms with E-state index in [1.807, 2.05) is 30.7 Å². The van der Waals surface area contributed by atoms with Crippen LogP contribution in [0.5, 0.6) is 0 Å². The Morgan fingerprint density at radius 1 is 1.07 bits per heavy atom. The van der Waals surface area contributed by atoms with E-state index in [-0.39, 0.29) is 6.61 Å². The van der Waals surface area contributed by atoms with E-state index < -0.39 is 11.5 Å². The highest BCUT2D eigenvalue weighted by Gasteiger charge is 2.42. The molecule has 0 unspecified atom stereocenters. The van der Waals surface area contributed by atoms with Gasteiger partial charge < -0.3 is 14.8 Å². The van der Waals surface area contributed by atoms with Crippen molar-refractivity contribution in [1.82, 2.24) is 14.5 Å². The minimum absolute atomic E-state index is 0.00144. The van der Waals surface area contributed by atoms with Gasteiger partial charge in [0.2, 0.25) is 0 Å². The molecule has 2 aromatic rings. The first-order chi connectivity index (χ1) is 13.7. The molecule has 1 aromatic carbocycles. The lowest BCUT2D eigenvalue weighted by atomic mass is 9.73. The van der Waals surface area contributed by atoms with E-state index in [0.29, 0.717) is 25.4 Å². The van der Waals surface area contributed by atoms with Gasteiger partial charge in [-0.3, -0.25) is 4.90 Å². The number of aliphatic hydroxyl groups excluding tert-OH is 2. The molecule has 5 nitrogen and oxygen atoms in total. The number of hydrogen-bond donors (Lipinski definition) is 2. The minimum atomic E-state index is -0.505. The molecule has 0 bridgehead atoms. The van der Waals surface area contributed by atoms with Crippen molar-refractivity contribution >= 4 is 0 Å². The van der Waals surface area contributed by atoms with Crippen LogP contribution in [-0.4, -0.2) is 50.5 Å². The van der Waals surface area contributed by atoms with Crippen molar-refractivity contribution in [3.63, 3.8) is 0 Å². The number of hydrogen-bond acceptors (Lipinski definition) is 4. The largest absolute Gasteiger partial charge is 0.396 e. The molecule has 2 aliphatic rings. The molecule has 1 aliphatic heterocycles. The predicted molar refractivity (Wildman–Crippen MR) is 110 cm³/mol. The SMILES string of the molecule is OC[C@@]1(Cc2ccccc2)CN(Cc2cncn2C2CCCCC2)CC[C@@H]1O. The van der Waals surface area contributed by atoms with Crippen LogP contribution in [0.1, 0.15) is 55.8 Å². The van der Waals surface area contributed by atoms with Gasteiger partial charge in [-0.1, -0.05) is 49.6 Å². The standard InChI is InChI=1S/C23H33N3O2/c27-17-23(13-19-7-3-1-4-8-19)16-25(12-11-22(23)28)15-21-14-24-18-26(21)20-9-5-2-6-10-20/h1,3-4,7-8,14,18,20,22,27-28H,2,5-6,9-13,15-17H2/t22-,23+/m0/s1. The molecule has 5 heteroatoms. The lowest BCUT2D eigenvalue weighted by Crippen LogP contribution is -2.54. The van der Waals surface area contributed by atoms with Crippen molar-refractivity contribution < 1.29 is 10.2 Å². The van der Waals surface area contributed by atoms with Crippen LogP contribution >= 0.6 is 0 Å². The fourth-order valence-corrected chi connectivity index (χ4v) is 5.13. The maximum Gasteiger partial charge on any atom is 0.0951 e. The van der Waals surface area contributed by atoms with Crippen LogP contribution in [0, 0.1) is 5.41 Å². The summed E-state index contributed by atoms with van der Waals surface area (Å²) in [5.41, 5.74) is 1.93. The van der Waals surface area contributed by atoms with Crippen LogP contribution in [0.2, 0.25) is 0 Å². The molecular formula is C23H33N3O2. The highest BCUT2D eigenvalue weighted by Crippen LogP contribution is 2.35. The third-order valence-electron chi connectivity index (χ3n) is 6.78. The molecule has 0 amide bonds. The third-order valence-corrected chi connectivity index (χ3v) is 6.78. The first kappa shape index (κ1) is 19.6. The van der Waals surface area contributed by atoms with Gasteiger partial charge in [-0.2, -0.15) is 0 Å². The monoisotopic (exact) mass is 383 g/mol. The lowest BCUT2D eigenvalue weighted by molar-refractivity contribution is -0.0773. The number of nitrogens with zero attached hydrogens (tertiary/aromatic N) is 3. The van der Waals surface area contributed by atoms with Crippen LogP contribution in [0.25, 0.3) is 0 Å². The Kier molecular flexibility index (Phi) is 6.14. The van der Waals surface area contributed by atoms with Gasteiger partial charge in [0, 0.05) is 37.3 Å². The van der Waals surface area contributed by atoms with Crippen molar-refractivity contribution in [2.24, 2.45) is 5.41 Å². The van der Waals surface area contributed by atoms with E-state index in [4.69, 9.17) is 0 Å². The summed E-state index contributed by atoms with van der Waals surface area (Å²) in [7, 11) is 0. The number of piperidine rings is 1. The van der Waals surface area contributed by atoms with Crippen molar-refractivity contribution in [3.8, 4) is 0 Å². The molecule has 0 spiro atoms. The normalized spacial score (nSPS) is 27.1. The summed E-state index contributed by atoms with van der Waals surface area (Å²) < 4.78 is 2.38. The molecule has 1 saturated carbocycles. The van der Waals surface area contributed by atoms with Crippen molar-refractivity contribution in [2.45, 2.75) is 63.6 Å². The number of aromatic nitrogens is 2. The van der Waals surface area contributed by atoms with Crippen molar-refractivity contribution in [2.75, 3.05) is 19.7 Å². The number of benzene rings is 1. The van der Waals surface area contributed by atoms with Crippen LogP contribution in [0.4, 0.5) is 0 Å². The van der Waals surface area contributed by atoms with Crippen LogP contribution in [0.3, 0.4) is 0 Å². The van der Waals surface area contributed by atoms with Crippen LogP contribution in [-0.2, 0) is 13.0 Å². The third kappa shape index (κ3) is 4.17. The average molecular weight is 384 g/mol. The molecule has 1 saturated heterocycles. The first-order valence-electron chi connectivity index (χ1n) is 10.8. The van der Waals surface area contributed by atoms with Gasteiger partial charge in [0.15, 0.2) is 0 Å². The lowest BCUT2D eigenvalue weighted by Gasteiger charge is -2.45. The average Bonchev–Trinajstić information content (AvgIpc) is 3.20. The van der Waals surface area contributed by atoms with E-state index in [2.05, 4.69) is 26.6 Å². The predicted octanol–water partition coefficient (Wildman–Crippen LogP) is 3.18. The van der Waals surface area contributed by atoms with Gasteiger partial charge >= 0.3 is 0 Å². The number of aliphatic hydroxyl groups is 2. The van der Waals surface area contributed by atoms with Gasteiger partial charge in [0.1, 0.15) is 0 Å². The summed E-state index contributed by atoms with van der Waals surface area (Å²) >= 11 is 0. The molecule has 1 aliphatic carbocycles. The minimum Gasteiger partial charge on any atom is -0.396 e. The molecule has 152 valence electrons. The fraction of sp³-hybridized carbons (Fsp3) is 0.609. The maximum absolute atomic E-state index is 10.8. The van der Waals surface area contributed by atoms with E-state index in [1.54, 1.807) is 0 Å². The van der Waals surface area contributed by atoms with Gasteiger partial charge in [-0.25, -0.2) is 4.98 Å². The van der Waals surface area contributed by atoms with Crippen LogP contribution in [0.15, 0.2) is 42.9 Å². The van der Waals surface area contributed by atoms with Gasteiger partial charge in [0.25, 0.3) is 0 Å². The molecule has 28 heavy (non-hydrogen) atoms. The molecule has 1 aromatic heterocycles. The topological polar surface area (TPSA) is 61.5 Å². The second kappa shape index (κ2) is 8.76. The van der Waals surface area contributed by atoms with Gasteiger partial charge in [0.05, 0.1) is 24.7 Å². The second-order valence-electron chi connectivity index (χ2n) is 8.78. The van der Waals surface area contributed by atoms with Gasteiger partial charge in [-0.15, -0.1) is 0 Å². The Hall–Kier alpha value is -1.69. The quantitative estimate of drug-likeness (QED) is 0.804. The van der Waals surface area contributed by atoms with Crippen LogP contribution < -0.4 is 0 Å². The van der Waals surface area contributed by atoms with E-state index in [1.165, 1.54) is 43.4 Å². The summed E-state index contributed by atoms with van der Waals surface area (Å²) in [4.78, 5) is 6.83. The molecule has 2 N–H and O–H groups in total. The molecule has 4 rings (SSSR count).